The zero-order chi connectivity index (χ0) is 9.60. The summed E-state index contributed by atoms with van der Waals surface area (Å²) in [5.74, 6) is 2.29. The Labute approximate surface area is 85.6 Å². The predicted molar refractivity (Wildman–Crippen MR) is 53.9 cm³/mol. The van der Waals surface area contributed by atoms with Crippen LogP contribution in [0.1, 0.15) is 38.5 Å². The lowest BCUT2D eigenvalue weighted by Gasteiger charge is -2.31. The number of hydrogen-bond donors (Lipinski definition) is 1. The van der Waals surface area contributed by atoms with E-state index in [-0.39, 0.29) is 5.60 Å². The van der Waals surface area contributed by atoms with Crippen molar-refractivity contribution >= 4 is 0 Å². The van der Waals surface area contributed by atoms with Crippen molar-refractivity contribution in [2.24, 2.45) is 17.8 Å². The Hall–Kier alpha value is -0.0800. The fourth-order valence-electron chi connectivity index (χ4n) is 3.55. The van der Waals surface area contributed by atoms with E-state index in [0.29, 0.717) is 5.92 Å². The molecule has 0 spiro atoms. The molecule has 2 nitrogen and oxygen atoms in total. The Morgan fingerprint density at radius 3 is 2.57 bits per heavy atom. The zero-order valence-corrected chi connectivity index (χ0v) is 8.74. The van der Waals surface area contributed by atoms with E-state index in [4.69, 9.17) is 4.74 Å². The third kappa shape index (κ3) is 1.49. The predicted octanol–water partition coefficient (Wildman–Crippen LogP) is 1.96. The van der Waals surface area contributed by atoms with Crippen molar-refractivity contribution in [3.8, 4) is 0 Å². The molecule has 1 aliphatic heterocycles. The first-order valence-corrected chi connectivity index (χ1v) is 6.08. The van der Waals surface area contributed by atoms with Gasteiger partial charge in [0.05, 0.1) is 5.60 Å². The molecule has 1 heterocycles. The van der Waals surface area contributed by atoms with E-state index in [1.807, 2.05) is 0 Å². The summed E-state index contributed by atoms with van der Waals surface area (Å²) in [5.41, 5.74) is -0.271. The van der Waals surface area contributed by atoms with Crippen molar-refractivity contribution in [2.75, 3.05) is 13.2 Å². The van der Waals surface area contributed by atoms with Gasteiger partial charge in [-0.3, -0.25) is 0 Å². The van der Waals surface area contributed by atoms with Crippen LogP contribution < -0.4 is 0 Å². The van der Waals surface area contributed by atoms with Crippen LogP contribution in [0.25, 0.3) is 0 Å². The molecule has 80 valence electrons. The fourth-order valence-corrected chi connectivity index (χ4v) is 3.55. The van der Waals surface area contributed by atoms with Crippen LogP contribution >= 0.6 is 0 Å². The summed E-state index contributed by atoms with van der Waals surface area (Å²) in [4.78, 5) is 0. The standard InChI is InChI=1S/C12H20O2/c13-12(4-1-10-7-11(10)12)8-9-2-5-14-6-3-9/h9-11,13H,1-8H2. The molecule has 1 saturated heterocycles. The number of aliphatic hydroxyl groups is 1. The lowest BCUT2D eigenvalue weighted by molar-refractivity contribution is -0.0221. The Kier molecular flexibility index (Phi) is 2.10. The first-order chi connectivity index (χ1) is 6.78. The molecule has 0 aromatic rings. The average molecular weight is 196 g/mol. The summed E-state index contributed by atoms with van der Waals surface area (Å²) in [6, 6.07) is 0. The number of rotatable bonds is 2. The molecule has 1 N–H and O–H groups in total. The largest absolute Gasteiger partial charge is 0.390 e. The number of hydrogen-bond acceptors (Lipinski definition) is 2. The van der Waals surface area contributed by atoms with Crippen LogP contribution in [-0.4, -0.2) is 23.9 Å². The van der Waals surface area contributed by atoms with Crippen molar-refractivity contribution in [3.63, 3.8) is 0 Å². The minimum Gasteiger partial charge on any atom is -0.390 e. The smallest absolute Gasteiger partial charge is 0.0681 e. The third-order valence-corrected chi connectivity index (χ3v) is 4.54. The summed E-state index contributed by atoms with van der Waals surface area (Å²) < 4.78 is 5.35. The molecular weight excluding hydrogens is 176 g/mol. The minimum absolute atomic E-state index is 0.271. The zero-order valence-electron chi connectivity index (χ0n) is 8.74. The van der Waals surface area contributed by atoms with Gasteiger partial charge in [0.15, 0.2) is 0 Å². The van der Waals surface area contributed by atoms with Crippen LogP contribution in [-0.2, 0) is 4.74 Å². The summed E-state index contributed by atoms with van der Waals surface area (Å²) in [7, 11) is 0. The molecule has 14 heavy (non-hydrogen) atoms. The Morgan fingerprint density at radius 1 is 1.21 bits per heavy atom. The van der Waals surface area contributed by atoms with Crippen molar-refractivity contribution in [2.45, 2.75) is 44.1 Å². The first kappa shape index (κ1) is 9.17. The second-order valence-corrected chi connectivity index (χ2v) is 5.50. The summed E-state index contributed by atoms with van der Waals surface area (Å²) >= 11 is 0. The van der Waals surface area contributed by atoms with Gasteiger partial charge in [-0.15, -0.1) is 0 Å². The molecule has 3 rings (SSSR count). The Morgan fingerprint density at radius 2 is 2.00 bits per heavy atom. The van der Waals surface area contributed by atoms with Crippen LogP contribution in [0.2, 0.25) is 0 Å². The highest BCUT2D eigenvalue weighted by molar-refractivity contribution is 5.07. The van der Waals surface area contributed by atoms with E-state index in [1.165, 1.54) is 25.7 Å². The van der Waals surface area contributed by atoms with Gasteiger partial charge < -0.3 is 9.84 Å². The van der Waals surface area contributed by atoms with Crippen molar-refractivity contribution in [1.82, 2.24) is 0 Å². The normalized spacial score (nSPS) is 47.8. The van der Waals surface area contributed by atoms with Crippen LogP contribution in [0, 0.1) is 17.8 Å². The van der Waals surface area contributed by atoms with Crippen LogP contribution in [0.5, 0.6) is 0 Å². The minimum atomic E-state index is -0.271. The molecular formula is C12H20O2. The van der Waals surface area contributed by atoms with Gasteiger partial charge in [0.25, 0.3) is 0 Å². The van der Waals surface area contributed by atoms with E-state index in [0.717, 1.165) is 37.9 Å². The molecule has 2 heteroatoms. The quantitative estimate of drug-likeness (QED) is 0.731. The van der Waals surface area contributed by atoms with Crippen LogP contribution in [0.15, 0.2) is 0 Å². The van der Waals surface area contributed by atoms with Crippen molar-refractivity contribution < 1.29 is 9.84 Å². The van der Waals surface area contributed by atoms with Gasteiger partial charge in [-0.05, 0) is 56.3 Å². The SMILES string of the molecule is OC1(CC2CCOCC2)CCC2CC21. The number of ether oxygens (including phenoxy) is 1. The summed E-state index contributed by atoms with van der Waals surface area (Å²) in [6.07, 6.45) is 7.04. The maximum absolute atomic E-state index is 10.5. The second kappa shape index (κ2) is 3.21. The summed E-state index contributed by atoms with van der Waals surface area (Å²) in [6.45, 7) is 1.82. The molecule has 3 unspecified atom stereocenters. The van der Waals surface area contributed by atoms with E-state index in [9.17, 15) is 5.11 Å². The Balaban J connectivity index is 1.59. The van der Waals surface area contributed by atoms with Gasteiger partial charge in [0.1, 0.15) is 0 Å². The molecule has 0 aromatic carbocycles. The number of fused-ring (bicyclic) bond motifs is 1. The van der Waals surface area contributed by atoms with Crippen molar-refractivity contribution in [3.05, 3.63) is 0 Å². The van der Waals surface area contributed by atoms with E-state index < -0.39 is 0 Å². The van der Waals surface area contributed by atoms with Crippen LogP contribution in [0.3, 0.4) is 0 Å². The molecule has 0 bridgehead atoms. The molecule has 2 aliphatic carbocycles. The molecule has 0 amide bonds. The van der Waals surface area contributed by atoms with E-state index in [2.05, 4.69) is 0 Å². The van der Waals surface area contributed by atoms with Gasteiger partial charge in [-0.25, -0.2) is 0 Å². The first-order valence-electron chi connectivity index (χ1n) is 6.08. The monoisotopic (exact) mass is 196 g/mol. The molecule has 3 aliphatic rings. The molecule has 3 fully saturated rings. The topological polar surface area (TPSA) is 29.5 Å². The summed E-state index contributed by atoms with van der Waals surface area (Å²) in [5, 5.41) is 10.5. The van der Waals surface area contributed by atoms with Gasteiger partial charge in [-0.1, -0.05) is 0 Å². The maximum Gasteiger partial charge on any atom is 0.0681 e. The molecule has 0 radical (unpaired) electrons. The molecule has 3 atom stereocenters. The van der Waals surface area contributed by atoms with Gasteiger partial charge >= 0.3 is 0 Å². The highest BCUT2D eigenvalue weighted by Gasteiger charge is 2.57. The lowest BCUT2D eigenvalue weighted by Crippen LogP contribution is -2.33. The molecule has 0 aromatic heterocycles. The molecule has 2 saturated carbocycles. The lowest BCUT2D eigenvalue weighted by atomic mass is 9.83. The fraction of sp³-hybridized carbons (Fsp3) is 1.00. The van der Waals surface area contributed by atoms with Gasteiger partial charge in [0, 0.05) is 13.2 Å². The van der Waals surface area contributed by atoms with E-state index in [1.54, 1.807) is 0 Å². The third-order valence-electron chi connectivity index (χ3n) is 4.54. The van der Waals surface area contributed by atoms with Crippen molar-refractivity contribution in [1.29, 1.82) is 0 Å². The van der Waals surface area contributed by atoms with E-state index >= 15 is 0 Å². The van der Waals surface area contributed by atoms with Crippen LogP contribution in [0.4, 0.5) is 0 Å². The highest BCUT2D eigenvalue weighted by atomic mass is 16.5. The highest BCUT2D eigenvalue weighted by Crippen LogP contribution is 2.59. The van der Waals surface area contributed by atoms with Gasteiger partial charge in [-0.2, -0.15) is 0 Å². The van der Waals surface area contributed by atoms with Gasteiger partial charge in [0.2, 0.25) is 0 Å². The average Bonchev–Trinajstić information content (AvgIpc) is 2.91. The Bertz CT molecular complexity index is 222. The second-order valence-electron chi connectivity index (χ2n) is 5.50. The maximum atomic E-state index is 10.5.